The molecule has 0 aromatic carbocycles. The number of nitrogens with zero attached hydrogens (tertiary/aromatic N) is 1. The van der Waals surface area contributed by atoms with Crippen molar-refractivity contribution in [3.05, 3.63) is 0 Å². The molecule has 3 rings (SSSR count). The molecule has 0 radical (unpaired) electrons. The Hall–Kier alpha value is 0.210. The van der Waals surface area contributed by atoms with Crippen LogP contribution in [-0.4, -0.2) is 41.6 Å². The zero-order chi connectivity index (χ0) is 14.0. The zero-order valence-electron chi connectivity index (χ0n) is 13.0. The van der Waals surface area contributed by atoms with Crippen molar-refractivity contribution in [2.24, 2.45) is 5.92 Å². The van der Waals surface area contributed by atoms with Crippen LogP contribution in [0.25, 0.3) is 0 Å². The molecule has 3 fully saturated rings. The van der Waals surface area contributed by atoms with Gasteiger partial charge in [-0.3, -0.25) is 0 Å². The molecule has 0 amide bonds. The smallest absolute Gasteiger partial charge is 0.0710 e. The molecule has 2 atom stereocenters. The fourth-order valence-electron chi connectivity index (χ4n) is 4.47. The van der Waals surface area contributed by atoms with E-state index in [2.05, 4.69) is 11.8 Å². The third-order valence-corrected chi connectivity index (χ3v) is 6.20. The van der Waals surface area contributed by atoms with E-state index in [1.807, 2.05) is 0 Å². The first-order valence-electron chi connectivity index (χ1n) is 8.71. The average molecular weight is 300 g/mol. The van der Waals surface area contributed by atoms with Gasteiger partial charge in [0.25, 0.3) is 0 Å². The molecule has 3 aliphatic rings. The van der Waals surface area contributed by atoms with Crippen LogP contribution >= 0.6 is 11.6 Å². The lowest BCUT2D eigenvalue weighted by Gasteiger charge is -2.36. The predicted octanol–water partition coefficient (Wildman–Crippen LogP) is 4.21. The van der Waals surface area contributed by atoms with Gasteiger partial charge in [0.2, 0.25) is 0 Å². The predicted molar refractivity (Wildman–Crippen MR) is 84.4 cm³/mol. The van der Waals surface area contributed by atoms with Gasteiger partial charge in [0.1, 0.15) is 0 Å². The number of hydrogen-bond donors (Lipinski definition) is 0. The third kappa shape index (κ3) is 3.51. The van der Waals surface area contributed by atoms with Crippen LogP contribution in [-0.2, 0) is 4.74 Å². The van der Waals surface area contributed by atoms with E-state index in [-0.39, 0.29) is 5.60 Å². The second-order valence-electron chi connectivity index (χ2n) is 7.34. The van der Waals surface area contributed by atoms with Crippen LogP contribution in [0.1, 0.15) is 64.7 Å². The van der Waals surface area contributed by atoms with Crippen LogP contribution in [0.5, 0.6) is 0 Å². The number of rotatable bonds is 3. The van der Waals surface area contributed by atoms with Crippen LogP contribution in [0, 0.1) is 5.92 Å². The molecule has 2 unspecified atom stereocenters. The van der Waals surface area contributed by atoms with Gasteiger partial charge in [0.05, 0.1) is 11.7 Å². The highest BCUT2D eigenvalue weighted by atomic mass is 35.5. The Kier molecular flexibility index (Phi) is 4.94. The molecule has 116 valence electrons. The topological polar surface area (TPSA) is 12.5 Å². The zero-order valence-corrected chi connectivity index (χ0v) is 13.7. The summed E-state index contributed by atoms with van der Waals surface area (Å²) < 4.78 is 6.50. The molecular weight excluding hydrogens is 270 g/mol. The minimum Gasteiger partial charge on any atom is -0.370 e. The van der Waals surface area contributed by atoms with E-state index in [4.69, 9.17) is 16.3 Å². The maximum Gasteiger partial charge on any atom is 0.0710 e. The molecule has 2 nitrogen and oxygen atoms in total. The van der Waals surface area contributed by atoms with Gasteiger partial charge in [-0.2, -0.15) is 0 Å². The van der Waals surface area contributed by atoms with Crippen LogP contribution in [0.4, 0.5) is 0 Å². The van der Waals surface area contributed by atoms with Crippen molar-refractivity contribution in [3.8, 4) is 0 Å². The van der Waals surface area contributed by atoms with Crippen molar-refractivity contribution in [3.63, 3.8) is 0 Å². The van der Waals surface area contributed by atoms with Crippen molar-refractivity contribution in [1.82, 2.24) is 4.90 Å². The molecule has 1 spiro atoms. The molecule has 2 saturated heterocycles. The van der Waals surface area contributed by atoms with E-state index < -0.39 is 0 Å². The molecule has 0 bridgehead atoms. The largest absolute Gasteiger partial charge is 0.370 e. The Balaban J connectivity index is 1.43. The standard InChI is InChI=1S/C17H30ClNO/c1-14(18)15-6-11-19(12-7-15)13-16-5-10-17(20-16)8-3-2-4-9-17/h14-16H,2-13H2,1H3. The molecule has 0 aromatic heterocycles. The van der Waals surface area contributed by atoms with Crippen molar-refractivity contribution in [2.45, 2.75) is 81.8 Å². The minimum absolute atomic E-state index is 0.284. The highest BCUT2D eigenvalue weighted by Gasteiger charge is 2.41. The van der Waals surface area contributed by atoms with Gasteiger partial charge in [-0.05, 0) is 64.5 Å². The van der Waals surface area contributed by atoms with Crippen LogP contribution in [0.15, 0.2) is 0 Å². The van der Waals surface area contributed by atoms with Gasteiger partial charge >= 0.3 is 0 Å². The summed E-state index contributed by atoms with van der Waals surface area (Å²) in [6.07, 6.45) is 12.4. The average Bonchev–Trinajstić information content (AvgIpc) is 2.83. The van der Waals surface area contributed by atoms with Crippen molar-refractivity contribution < 1.29 is 4.74 Å². The lowest BCUT2D eigenvalue weighted by Crippen LogP contribution is -2.41. The van der Waals surface area contributed by atoms with Gasteiger partial charge < -0.3 is 9.64 Å². The summed E-state index contributed by atoms with van der Waals surface area (Å²) in [5.74, 6) is 0.724. The van der Waals surface area contributed by atoms with E-state index >= 15 is 0 Å². The molecule has 0 N–H and O–H groups in total. The highest BCUT2D eigenvalue weighted by Crippen LogP contribution is 2.42. The van der Waals surface area contributed by atoms with Gasteiger partial charge in [0.15, 0.2) is 0 Å². The number of halogens is 1. The summed E-state index contributed by atoms with van der Waals surface area (Å²) >= 11 is 6.23. The quantitative estimate of drug-likeness (QED) is 0.724. The fourth-order valence-corrected chi connectivity index (χ4v) is 4.72. The molecule has 20 heavy (non-hydrogen) atoms. The van der Waals surface area contributed by atoms with Crippen LogP contribution in [0.3, 0.4) is 0 Å². The van der Waals surface area contributed by atoms with E-state index in [0.29, 0.717) is 11.5 Å². The monoisotopic (exact) mass is 299 g/mol. The van der Waals surface area contributed by atoms with Crippen molar-refractivity contribution in [1.29, 1.82) is 0 Å². The molecular formula is C17H30ClNO. The van der Waals surface area contributed by atoms with E-state index in [9.17, 15) is 0 Å². The third-order valence-electron chi connectivity index (χ3n) is 5.85. The lowest BCUT2D eigenvalue weighted by atomic mass is 9.83. The van der Waals surface area contributed by atoms with Gasteiger partial charge in [0, 0.05) is 11.9 Å². The SMILES string of the molecule is CC(Cl)C1CCN(CC2CCC3(CCCCC3)O2)CC1. The van der Waals surface area contributed by atoms with E-state index in [1.54, 1.807) is 0 Å². The van der Waals surface area contributed by atoms with E-state index in [1.165, 1.54) is 70.9 Å². The van der Waals surface area contributed by atoms with Gasteiger partial charge in [-0.25, -0.2) is 0 Å². The van der Waals surface area contributed by atoms with Crippen molar-refractivity contribution in [2.75, 3.05) is 19.6 Å². The van der Waals surface area contributed by atoms with E-state index in [0.717, 1.165) is 12.5 Å². The summed E-state index contributed by atoms with van der Waals surface area (Å²) in [6, 6.07) is 0. The summed E-state index contributed by atoms with van der Waals surface area (Å²) in [7, 11) is 0. The first-order chi connectivity index (χ1) is 9.67. The molecule has 3 heteroatoms. The molecule has 2 aliphatic heterocycles. The number of likely N-dealkylation sites (tertiary alicyclic amines) is 1. The first kappa shape index (κ1) is 15.1. The Morgan fingerprint density at radius 1 is 1.10 bits per heavy atom. The lowest BCUT2D eigenvalue weighted by molar-refractivity contribution is -0.0735. The highest BCUT2D eigenvalue weighted by molar-refractivity contribution is 6.20. The Morgan fingerprint density at radius 3 is 2.45 bits per heavy atom. The van der Waals surface area contributed by atoms with Gasteiger partial charge in [-0.1, -0.05) is 19.3 Å². The maximum absolute atomic E-state index is 6.50. The second-order valence-corrected chi connectivity index (χ2v) is 8.03. The Labute approximate surface area is 129 Å². The van der Waals surface area contributed by atoms with Gasteiger partial charge in [-0.15, -0.1) is 11.6 Å². The summed E-state index contributed by atoms with van der Waals surface area (Å²) in [6.45, 7) is 5.74. The molecule has 1 saturated carbocycles. The van der Waals surface area contributed by atoms with Crippen LogP contribution in [0.2, 0.25) is 0 Å². The summed E-state index contributed by atoms with van der Waals surface area (Å²) in [5, 5.41) is 0.338. The summed E-state index contributed by atoms with van der Waals surface area (Å²) in [4.78, 5) is 2.61. The number of ether oxygens (including phenoxy) is 1. The Morgan fingerprint density at radius 2 is 1.80 bits per heavy atom. The molecule has 1 aliphatic carbocycles. The normalized spacial score (nSPS) is 33.6. The summed E-state index contributed by atoms with van der Waals surface area (Å²) in [5.41, 5.74) is 0.284. The van der Waals surface area contributed by atoms with Crippen molar-refractivity contribution >= 4 is 11.6 Å². The molecule has 2 heterocycles. The van der Waals surface area contributed by atoms with Crippen LogP contribution < -0.4 is 0 Å². The second kappa shape index (κ2) is 6.54. The number of hydrogen-bond acceptors (Lipinski definition) is 2. The number of piperidine rings is 1. The maximum atomic E-state index is 6.50. The molecule has 0 aromatic rings. The fraction of sp³-hybridized carbons (Fsp3) is 1.00. The number of alkyl halides is 1. The Bertz CT molecular complexity index is 306. The minimum atomic E-state index is 0.284. The first-order valence-corrected chi connectivity index (χ1v) is 9.15.